The van der Waals surface area contributed by atoms with Crippen molar-refractivity contribution in [1.29, 1.82) is 0 Å². The standard InChI is InChI=1S/C13H13F3O3/c1-3-4-5-6-19-13(17)8-7-9(14)11(16)12(18-2)10(8)15/h3,7H,1,4-6H2,2H3. The molecule has 104 valence electrons. The summed E-state index contributed by atoms with van der Waals surface area (Å²) in [5.41, 5.74) is -0.700. The molecule has 0 unspecified atom stereocenters. The molecule has 0 saturated heterocycles. The molecule has 0 atom stereocenters. The van der Waals surface area contributed by atoms with E-state index in [1.165, 1.54) is 0 Å². The summed E-state index contributed by atoms with van der Waals surface area (Å²) in [7, 11) is 0.972. The SMILES string of the molecule is C=CCCCOC(=O)c1cc(F)c(F)c(OC)c1F. The number of halogens is 3. The summed E-state index contributed by atoms with van der Waals surface area (Å²) in [6.45, 7) is 3.52. The molecule has 19 heavy (non-hydrogen) atoms. The van der Waals surface area contributed by atoms with Crippen LogP contribution in [0.1, 0.15) is 23.2 Å². The number of rotatable bonds is 6. The molecule has 0 fully saturated rings. The Labute approximate surface area is 108 Å². The van der Waals surface area contributed by atoms with Crippen molar-refractivity contribution in [3.63, 3.8) is 0 Å². The second kappa shape index (κ2) is 6.82. The first-order valence-electron chi connectivity index (χ1n) is 5.52. The highest BCUT2D eigenvalue weighted by Crippen LogP contribution is 2.27. The number of hydrogen-bond acceptors (Lipinski definition) is 3. The third-order valence-electron chi connectivity index (χ3n) is 2.33. The monoisotopic (exact) mass is 274 g/mol. The fourth-order valence-corrected chi connectivity index (χ4v) is 1.38. The molecule has 0 N–H and O–H groups in total. The molecular weight excluding hydrogens is 261 g/mol. The van der Waals surface area contributed by atoms with Crippen LogP contribution in [0.5, 0.6) is 5.75 Å². The Morgan fingerprint density at radius 3 is 2.63 bits per heavy atom. The van der Waals surface area contributed by atoms with E-state index in [1.54, 1.807) is 6.08 Å². The van der Waals surface area contributed by atoms with Crippen molar-refractivity contribution < 1.29 is 27.4 Å². The van der Waals surface area contributed by atoms with Gasteiger partial charge >= 0.3 is 5.97 Å². The van der Waals surface area contributed by atoms with Crippen LogP contribution in [0.3, 0.4) is 0 Å². The molecule has 1 rings (SSSR count). The van der Waals surface area contributed by atoms with E-state index in [4.69, 9.17) is 4.74 Å². The van der Waals surface area contributed by atoms with Gasteiger partial charge in [0.25, 0.3) is 0 Å². The van der Waals surface area contributed by atoms with E-state index in [-0.39, 0.29) is 6.61 Å². The maximum Gasteiger partial charge on any atom is 0.341 e. The summed E-state index contributed by atoms with van der Waals surface area (Å²) in [6, 6.07) is 0.447. The number of carbonyl (C=O) groups is 1. The zero-order valence-corrected chi connectivity index (χ0v) is 10.3. The average Bonchev–Trinajstić information content (AvgIpc) is 2.39. The van der Waals surface area contributed by atoms with Gasteiger partial charge in [-0.25, -0.2) is 13.6 Å². The zero-order chi connectivity index (χ0) is 14.4. The van der Waals surface area contributed by atoms with E-state index >= 15 is 0 Å². The lowest BCUT2D eigenvalue weighted by Gasteiger charge is -2.09. The molecule has 0 aliphatic heterocycles. The predicted molar refractivity (Wildman–Crippen MR) is 62.6 cm³/mol. The number of carbonyl (C=O) groups excluding carboxylic acids is 1. The van der Waals surface area contributed by atoms with E-state index in [0.717, 1.165) is 7.11 Å². The fraction of sp³-hybridized carbons (Fsp3) is 0.308. The van der Waals surface area contributed by atoms with Crippen LogP contribution in [0.15, 0.2) is 18.7 Å². The molecular formula is C13H13F3O3. The Kier molecular flexibility index (Phi) is 5.41. The number of allylic oxidation sites excluding steroid dienone is 1. The highest BCUT2D eigenvalue weighted by Gasteiger charge is 2.24. The van der Waals surface area contributed by atoms with Crippen LogP contribution < -0.4 is 4.74 Å². The Morgan fingerprint density at radius 1 is 1.37 bits per heavy atom. The summed E-state index contributed by atoms with van der Waals surface area (Å²) in [6.07, 6.45) is 2.77. The minimum atomic E-state index is -1.48. The minimum absolute atomic E-state index is 0.0333. The smallest absolute Gasteiger partial charge is 0.341 e. The summed E-state index contributed by atoms with van der Waals surface area (Å²) in [5.74, 6) is -6.16. The molecule has 1 aromatic rings. The maximum absolute atomic E-state index is 13.7. The highest BCUT2D eigenvalue weighted by molar-refractivity contribution is 5.90. The molecule has 0 aromatic heterocycles. The first-order chi connectivity index (χ1) is 9.02. The van der Waals surface area contributed by atoms with Gasteiger partial charge in [-0.15, -0.1) is 6.58 Å². The molecule has 0 saturated carbocycles. The topological polar surface area (TPSA) is 35.5 Å². The van der Waals surface area contributed by atoms with Crippen molar-refractivity contribution in [2.24, 2.45) is 0 Å². The lowest BCUT2D eigenvalue weighted by Crippen LogP contribution is -2.11. The van der Waals surface area contributed by atoms with Gasteiger partial charge in [-0.2, -0.15) is 4.39 Å². The van der Waals surface area contributed by atoms with Gasteiger partial charge in [0.1, 0.15) is 5.56 Å². The minimum Gasteiger partial charge on any atom is -0.491 e. The third-order valence-corrected chi connectivity index (χ3v) is 2.33. The molecule has 0 aliphatic rings. The zero-order valence-electron chi connectivity index (χ0n) is 10.3. The number of esters is 1. The lowest BCUT2D eigenvalue weighted by atomic mass is 10.2. The largest absolute Gasteiger partial charge is 0.491 e. The first kappa shape index (κ1) is 15.1. The molecule has 1 aromatic carbocycles. The Bertz CT molecular complexity index is 487. The summed E-state index contributed by atoms with van der Waals surface area (Å²) in [5, 5.41) is 0. The predicted octanol–water partition coefficient (Wildman–Crippen LogP) is 3.24. The number of unbranched alkanes of at least 4 members (excludes halogenated alkanes) is 1. The van der Waals surface area contributed by atoms with Crippen molar-refractivity contribution in [3.05, 3.63) is 41.7 Å². The van der Waals surface area contributed by atoms with E-state index < -0.39 is 34.7 Å². The van der Waals surface area contributed by atoms with Crippen molar-refractivity contribution in [3.8, 4) is 5.75 Å². The summed E-state index contributed by atoms with van der Waals surface area (Å²) >= 11 is 0. The van der Waals surface area contributed by atoms with Crippen LogP contribution >= 0.6 is 0 Å². The van der Waals surface area contributed by atoms with Crippen molar-refractivity contribution in [2.75, 3.05) is 13.7 Å². The normalized spacial score (nSPS) is 10.1. The van der Waals surface area contributed by atoms with Gasteiger partial charge in [0.05, 0.1) is 13.7 Å². The second-order valence-electron chi connectivity index (χ2n) is 3.63. The van der Waals surface area contributed by atoms with Gasteiger partial charge in [-0.05, 0) is 18.9 Å². The fourth-order valence-electron chi connectivity index (χ4n) is 1.38. The molecule has 0 bridgehead atoms. The van der Waals surface area contributed by atoms with Gasteiger partial charge in [0, 0.05) is 0 Å². The second-order valence-corrected chi connectivity index (χ2v) is 3.63. The molecule has 3 nitrogen and oxygen atoms in total. The van der Waals surface area contributed by atoms with Gasteiger partial charge < -0.3 is 9.47 Å². The Balaban J connectivity index is 2.91. The maximum atomic E-state index is 13.7. The van der Waals surface area contributed by atoms with Crippen LogP contribution in [0.25, 0.3) is 0 Å². The average molecular weight is 274 g/mol. The first-order valence-corrected chi connectivity index (χ1v) is 5.52. The number of methoxy groups -OCH3 is 1. The summed E-state index contributed by atoms with van der Waals surface area (Å²) < 4.78 is 49.1. The van der Waals surface area contributed by atoms with E-state index in [1.807, 2.05) is 0 Å². The van der Waals surface area contributed by atoms with Crippen molar-refractivity contribution >= 4 is 5.97 Å². The van der Waals surface area contributed by atoms with Crippen LogP contribution in [0, 0.1) is 17.5 Å². The molecule has 6 heteroatoms. The molecule has 0 spiro atoms. The van der Waals surface area contributed by atoms with E-state index in [0.29, 0.717) is 18.9 Å². The van der Waals surface area contributed by atoms with Crippen molar-refractivity contribution in [2.45, 2.75) is 12.8 Å². The van der Waals surface area contributed by atoms with Crippen LogP contribution in [-0.2, 0) is 4.74 Å². The number of hydrogen-bond donors (Lipinski definition) is 0. The van der Waals surface area contributed by atoms with Gasteiger partial charge in [0.15, 0.2) is 17.4 Å². The Hall–Kier alpha value is -1.98. The number of ether oxygens (including phenoxy) is 2. The summed E-state index contributed by atoms with van der Waals surface area (Å²) in [4.78, 5) is 11.5. The number of benzene rings is 1. The van der Waals surface area contributed by atoms with Crippen LogP contribution in [0.2, 0.25) is 0 Å². The van der Waals surface area contributed by atoms with E-state index in [9.17, 15) is 18.0 Å². The molecule has 0 heterocycles. The van der Waals surface area contributed by atoms with Crippen LogP contribution in [-0.4, -0.2) is 19.7 Å². The van der Waals surface area contributed by atoms with Gasteiger partial charge in [-0.1, -0.05) is 6.08 Å². The highest BCUT2D eigenvalue weighted by atomic mass is 19.2. The Morgan fingerprint density at radius 2 is 2.05 bits per heavy atom. The van der Waals surface area contributed by atoms with E-state index in [2.05, 4.69) is 11.3 Å². The molecule has 0 radical (unpaired) electrons. The lowest BCUT2D eigenvalue weighted by molar-refractivity contribution is 0.0494. The van der Waals surface area contributed by atoms with Gasteiger partial charge in [-0.3, -0.25) is 0 Å². The molecule has 0 amide bonds. The third kappa shape index (κ3) is 3.49. The van der Waals surface area contributed by atoms with Crippen LogP contribution in [0.4, 0.5) is 13.2 Å². The van der Waals surface area contributed by atoms with Crippen molar-refractivity contribution in [1.82, 2.24) is 0 Å². The quantitative estimate of drug-likeness (QED) is 0.346. The van der Waals surface area contributed by atoms with Gasteiger partial charge in [0.2, 0.25) is 5.82 Å². The molecule has 0 aliphatic carbocycles.